The molecule has 2 amide bonds. The molecule has 0 radical (unpaired) electrons. The Bertz CT molecular complexity index is 1720. The molecule has 8 nitrogen and oxygen atoms in total. The lowest BCUT2D eigenvalue weighted by atomic mass is 9.99. The predicted molar refractivity (Wildman–Crippen MR) is 166 cm³/mol. The van der Waals surface area contributed by atoms with E-state index in [2.05, 4.69) is 47.5 Å². The predicted octanol–water partition coefficient (Wildman–Crippen LogP) is 5.66. The Morgan fingerprint density at radius 2 is 1.74 bits per heavy atom. The minimum Gasteiger partial charge on any atom is -0.496 e. The van der Waals surface area contributed by atoms with Gasteiger partial charge in [-0.2, -0.15) is 0 Å². The van der Waals surface area contributed by atoms with Crippen LogP contribution in [0.2, 0.25) is 0 Å². The van der Waals surface area contributed by atoms with E-state index >= 15 is 0 Å². The summed E-state index contributed by atoms with van der Waals surface area (Å²) in [4.78, 5) is 26.7. The van der Waals surface area contributed by atoms with Gasteiger partial charge in [-0.15, -0.1) is 0 Å². The normalized spacial score (nSPS) is 11.6. The Morgan fingerprint density at radius 3 is 2.40 bits per heavy atom. The van der Waals surface area contributed by atoms with E-state index in [1.54, 1.807) is 56.3 Å². The molecule has 222 valence electrons. The van der Waals surface area contributed by atoms with E-state index in [0.29, 0.717) is 24.2 Å². The molecule has 1 heterocycles. The van der Waals surface area contributed by atoms with Gasteiger partial charge in [0.2, 0.25) is 5.91 Å². The first kappa shape index (κ1) is 30.8. The van der Waals surface area contributed by atoms with E-state index in [4.69, 9.17) is 4.74 Å². The van der Waals surface area contributed by atoms with Gasteiger partial charge in [0.05, 0.1) is 12.0 Å². The van der Waals surface area contributed by atoms with Crippen LogP contribution in [0.4, 0.5) is 0 Å². The maximum Gasteiger partial charge on any atom is 0.265 e. The van der Waals surface area contributed by atoms with E-state index in [-0.39, 0.29) is 22.4 Å². The fraction of sp³-hybridized carbons (Fsp3) is 0.333. The molecule has 1 N–H and O–H groups in total. The Hall–Kier alpha value is -4.11. The summed E-state index contributed by atoms with van der Waals surface area (Å²) < 4.78 is 35.8. The van der Waals surface area contributed by atoms with Crippen LogP contribution in [0.1, 0.15) is 65.3 Å². The molecule has 0 unspecified atom stereocenters. The molecular formula is C33H39N3O5S. The molecular weight excluding hydrogens is 550 g/mol. The Labute approximate surface area is 248 Å². The van der Waals surface area contributed by atoms with E-state index in [9.17, 15) is 18.0 Å². The minimum absolute atomic E-state index is 0.0622. The van der Waals surface area contributed by atoms with Crippen molar-refractivity contribution < 1.29 is 22.7 Å². The second kappa shape index (κ2) is 12.8. The standard InChI is InChI=1S/C33H39N3O5S/c1-22(2)36-21-27(28-18-24(14-17-29(28)36)11-9-13-32(37)35(4)5)19-25-15-16-26(20-30(25)41-6)33(38)34-42(39,40)31-12-8-7-10-23(31)3/h7-8,10,12,14-18,20-22H,9,11,13,19H2,1-6H3,(H,34,38). The number of aryl methyl sites for hydroxylation is 2. The summed E-state index contributed by atoms with van der Waals surface area (Å²) in [6.45, 7) is 5.97. The molecule has 0 aliphatic carbocycles. The summed E-state index contributed by atoms with van der Waals surface area (Å²) in [6.07, 6.45) is 4.81. The SMILES string of the molecule is COc1cc(C(=O)NS(=O)(=O)c2ccccc2C)ccc1Cc1cn(C(C)C)c2ccc(CCCC(=O)N(C)C)cc12. The van der Waals surface area contributed by atoms with Crippen LogP contribution in [0.3, 0.4) is 0 Å². The summed E-state index contributed by atoms with van der Waals surface area (Å²) in [5.41, 5.74) is 5.03. The third-order valence-corrected chi connectivity index (χ3v) is 8.92. The smallest absolute Gasteiger partial charge is 0.265 e. The average Bonchev–Trinajstić information content (AvgIpc) is 3.30. The fourth-order valence-corrected chi connectivity index (χ4v) is 6.32. The number of hydrogen-bond donors (Lipinski definition) is 1. The maximum absolute atomic E-state index is 13.0. The van der Waals surface area contributed by atoms with Gasteiger partial charge in [0.25, 0.3) is 15.9 Å². The number of hydrogen-bond acceptors (Lipinski definition) is 5. The molecule has 0 atom stereocenters. The molecule has 42 heavy (non-hydrogen) atoms. The second-order valence-electron chi connectivity index (χ2n) is 11.1. The Kier molecular flexibility index (Phi) is 9.41. The zero-order chi connectivity index (χ0) is 30.6. The van der Waals surface area contributed by atoms with Crippen LogP contribution in [0, 0.1) is 6.92 Å². The van der Waals surface area contributed by atoms with Crippen molar-refractivity contribution in [1.29, 1.82) is 0 Å². The highest BCUT2D eigenvalue weighted by Crippen LogP contribution is 2.31. The number of carbonyl (C=O) groups is 2. The highest BCUT2D eigenvalue weighted by Gasteiger charge is 2.22. The summed E-state index contributed by atoms with van der Waals surface area (Å²) in [5.74, 6) is -0.101. The number of methoxy groups -OCH3 is 1. The highest BCUT2D eigenvalue weighted by atomic mass is 32.2. The number of benzene rings is 3. The number of nitrogens with one attached hydrogen (secondary N) is 1. The van der Waals surface area contributed by atoms with Gasteiger partial charge in [-0.1, -0.05) is 30.3 Å². The van der Waals surface area contributed by atoms with Crippen molar-refractivity contribution >= 4 is 32.7 Å². The van der Waals surface area contributed by atoms with Crippen molar-refractivity contribution in [3.05, 3.63) is 94.7 Å². The number of ether oxygens (including phenoxy) is 1. The first-order valence-electron chi connectivity index (χ1n) is 14.0. The molecule has 1 aromatic heterocycles. The third kappa shape index (κ3) is 6.85. The number of aromatic nitrogens is 1. The number of amides is 2. The van der Waals surface area contributed by atoms with E-state index in [0.717, 1.165) is 34.9 Å². The number of fused-ring (bicyclic) bond motifs is 1. The lowest BCUT2D eigenvalue weighted by Gasteiger charge is -2.12. The lowest BCUT2D eigenvalue weighted by molar-refractivity contribution is -0.128. The summed E-state index contributed by atoms with van der Waals surface area (Å²) in [7, 11) is 1.05. The largest absolute Gasteiger partial charge is 0.496 e. The monoisotopic (exact) mass is 589 g/mol. The average molecular weight is 590 g/mol. The lowest BCUT2D eigenvalue weighted by Crippen LogP contribution is -2.31. The highest BCUT2D eigenvalue weighted by molar-refractivity contribution is 7.90. The third-order valence-electron chi connectivity index (χ3n) is 7.43. The topological polar surface area (TPSA) is 97.7 Å². The summed E-state index contributed by atoms with van der Waals surface area (Å²) in [5, 5.41) is 1.13. The molecule has 0 saturated carbocycles. The van der Waals surface area contributed by atoms with Crippen LogP contribution in [0.25, 0.3) is 10.9 Å². The van der Waals surface area contributed by atoms with Crippen LogP contribution in [0.15, 0.2) is 71.8 Å². The molecule has 9 heteroatoms. The van der Waals surface area contributed by atoms with Gasteiger partial charge >= 0.3 is 0 Å². The van der Waals surface area contributed by atoms with Crippen molar-refractivity contribution in [2.75, 3.05) is 21.2 Å². The van der Waals surface area contributed by atoms with Crippen molar-refractivity contribution in [1.82, 2.24) is 14.2 Å². The molecule has 0 spiro atoms. The maximum atomic E-state index is 13.0. The molecule has 0 aliphatic heterocycles. The van der Waals surface area contributed by atoms with E-state index < -0.39 is 15.9 Å². The van der Waals surface area contributed by atoms with Crippen LogP contribution >= 0.6 is 0 Å². The molecule has 0 saturated heterocycles. The van der Waals surface area contributed by atoms with Crippen molar-refractivity contribution in [3.8, 4) is 5.75 Å². The number of rotatable bonds is 11. The molecule has 4 aromatic rings. The Balaban J connectivity index is 1.60. The quantitative estimate of drug-likeness (QED) is 0.244. The van der Waals surface area contributed by atoms with Crippen LogP contribution < -0.4 is 9.46 Å². The summed E-state index contributed by atoms with van der Waals surface area (Å²) in [6, 6.07) is 18.3. The first-order valence-corrected chi connectivity index (χ1v) is 15.5. The van der Waals surface area contributed by atoms with Gasteiger partial charge in [0.1, 0.15) is 5.75 Å². The number of carbonyl (C=O) groups excluding carboxylic acids is 2. The van der Waals surface area contributed by atoms with Crippen LogP contribution in [-0.2, 0) is 27.7 Å². The fourth-order valence-electron chi connectivity index (χ4n) is 5.09. The van der Waals surface area contributed by atoms with Crippen molar-refractivity contribution in [2.24, 2.45) is 0 Å². The van der Waals surface area contributed by atoms with Gasteiger partial charge in [-0.05, 0) is 86.2 Å². The second-order valence-corrected chi connectivity index (χ2v) is 12.7. The van der Waals surface area contributed by atoms with E-state index in [1.165, 1.54) is 18.7 Å². The molecule has 0 fully saturated rings. The van der Waals surface area contributed by atoms with E-state index in [1.807, 2.05) is 6.07 Å². The zero-order valence-corrected chi connectivity index (χ0v) is 25.9. The first-order chi connectivity index (χ1) is 19.9. The van der Waals surface area contributed by atoms with Gasteiger partial charge in [-0.3, -0.25) is 9.59 Å². The Morgan fingerprint density at radius 1 is 1.00 bits per heavy atom. The van der Waals surface area contributed by atoms with Crippen LogP contribution in [-0.4, -0.2) is 50.9 Å². The van der Waals surface area contributed by atoms with Crippen molar-refractivity contribution in [3.63, 3.8) is 0 Å². The van der Waals surface area contributed by atoms with Crippen molar-refractivity contribution in [2.45, 2.75) is 57.4 Å². The number of nitrogens with zero attached hydrogens (tertiary/aromatic N) is 2. The van der Waals surface area contributed by atoms with Gasteiger partial charge in [0, 0.05) is 55.6 Å². The molecule has 3 aromatic carbocycles. The minimum atomic E-state index is -4.03. The zero-order valence-electron chi connectivity index (χ0n) is 25.1. The molecule has 4 rings (SSSR count). The van der Waals surface area contributed by atoms with Gasteiger partial charge in [-0.25, -0.2) is 13.1 Å². The van der Waals surface area contributed by atoms with Gasteiger partial charge in [0.15, 0.2) is 0 Å². The van der Waals surface area contributed by atoms with Crippen LogP contribution in [0.5, 0.6) is 5.75 Å². The molecule has 0 aliphatic rings. The van der Waals surface area contributed by atoms with Gasteiger partial charge < -0.3 is 14.2 Å². The summed E-state index contributed by atoms with van der Waals surface area (Å²) >= 11 is 0. The number of sulfonamides is 1. The molecule has 0 bridgehead atoms.